The molecule has 8 nitrogen and oxygen atoms in total. The molecule has 0 aliphatic carbocycles. The van der Waals surface area contributed by atoms with Crippen molar-refractivity contribution in [1.29, 1.82) is 0 Å². The highest BCUT2D eigenvalue weighted by molar-refractivity contribution is 7.20. The summed E-state index contributed by atoms with van der Waals surface area (Å²) < 4.78 is 12.3. The van der Waals surface area contributed by atoms with Crippen molar-refractivity contribution in [2.24, 2.45) is 0 Å². The van der Waals surface area contributed by atoms with Crippen LogP contribution in [0, 0.1) is 20.8 Å². The predicted molar refractivity (Wildman–Crippen MR) is 145 cm³/mol. The lowest BCUT2D eigenvalue weighted by atomic mass is 10.1. The minimum atomic E-state index is -0.755. The van der Waals surface area contributed by atoms with E-state index in [1.54, 1.807) is 6.92 Å². The Morgan fingerprint density at radius 3 is 2.43 bits per heavy atom. The molecule has 2 heterocycles. The molecule has 192 valence electrons. The first-order valence-electron chi connectivity index (χ1n) is 12.0. The van der Waals surface area contributed by atoms with Gasteiger partial charge in [-0.2, -0.15) is 0 Å². The summed E-state index contributed by atoms with van der Waals surface area (Å²) in [6.07, 6.45) is 1.77. The second-order valence-corrected chi connectivity index (χ2v) is 9.78. The summed E-state index contributed by atoms with van der Waals surface area (Å²) in [5, 5.41) is 3.23. The first-order chi connectivity index (χ1) is 17.8. The average Bonchev–Trinajstić information content (AvgIpc) is 3.20. The topological polar surface area (TPSA) is 99.5 Å². The normalized spacial score (nSPS) is 11.8. The van der Waals surface area contributed by atoms with Gasteiger partial charge in [-0.3, -0.25) is 14.2 Å². The lowest BCUT2D eigenvalue weighted by Gasteiger charge is -2.18. The lowest BCUT2D eigenvalue weighted by Crippen LogP contribution is -2.33. The molecule has 0 fully saturated rings. The summed E-state index contributed by atoms with van der Waals surface area (Å²) in [4.78, 5) is 44.4. The van der Waals surface area contributed by atoms with E-state index in [9.17, 15) is 14.4 Å². The minimum absolute atomic E-state index is 0.0651. The van der Waals surface area contributed by atoms with Gasteiger partial charge < -0.3 is 14.8 Å². The number of nitrogens with zero attached hydrogens (tertiary/aromatic N) is 2. The van der Waals surface area contributed by atoms with E-state index in [2.05, 4.69) is 10.3 Å². The van der Waals surface area contributed by atoms with Crippen LogP contribution >= 0.6 is 11.3 Å². The molecule has 0 aliphatic heterocycles. The van der Waals surface area contributed by atoms with Gasteiger partial charge >= 0.3 is 5.97 Å². The fraction of sp³-hybridized carbons (Fsp3) is 0.286. The molecule has 1 atom stereocenters. The number of esters is 1. The fourth-order valence-electron chi connectivity index (χ4n) is 4.21. The van der Waals surface area contributed by atoms with Crippen molar-refractivity contribution < 1.29 is 19.1 Å². The highest BCUT2D eigenvalue weighted by Gasteiger charge is 2.25. The molecule has 2 aromatic heterocycles. The molecular formula is C28H29N3O5S. The minimum Gasteiger partial charge on any atom is -0.490 e. The third-order valence-corrected chi connectivity index (χ3v) is 7.08. The van der Waals surface area contributed by atoms with E-state index in [1.807, 2.05) is 69.3 Å². The van der Waals surface area contributed by atoms with Crippen LogP contribution in [0.25, 0.3) is 10.2 Å². The number of ether oxygens (including phenoxy) is 2. The van der Waals surface area contributed by atoms with Crippen LogP contribution in [0.4, 0.5) is 5.69 Å². The van der Waals surface area contributed by atoms with Crippen LogP contribution in [-0.4, -0.2) is 34.6 Å². The number of rotatable bonds is 9. The molecule has 9 heteroatoms. The van der Waals surface area contributed by atoms with Gasteiger partial charge in [0.25, 0.3) is 5.56 Å². The standard InChI is InChI=1S/C28H29N3O5S/c1-5-22(25(32)30-20-14-17(2)13-18(3)15-20)31-16-29-26-23(27(31)33)19(4)24(37-26)28(34)36-12-11-35-21-9-7-6-8-10-21/h6-10,13-16,22H,5,11-12H2,1-4H3,(H,30,32). The Hall–Kier alpha value is -3.98. The molecular weight excluding hydrogens is 490 g/mol. The third kappa shape index (κ3) is 5.89. The number of nitrogens with one attached hydrogen (secondary N) is 1. The average molecular weight is 520 g/mol. The zero-order valence-corrected chi connectivity index (χ0v) is 22.1. The number of fused-ring (bicyclic) bond motifs is 1. The molecule has 0 aliphatic rings. The van der Waals surface area contributed by atoms with Gasteiger partial charge in [0.1, 0.15) is 34.7 Å². The quantitative estimate of drug-likeness (QED) is 0.241. The summed E-state index contributed by atoms with van der Waals surface area (Å²) in [6.45, 7) is 7.72. The van der Waals surface area contributed by atoms with Crippen molar-refractivity contribution in [1.82, 2.24) is 9.55 Å². The van der Waals surface area contributed by atoms with Crippen molar-refractivity contribution in [3.8, 4) is 5.75 Å². The van der Waals surface area contributed by atoms with E-state index < -0.39 is 12.0 Å². The van der Waals surface area contributed by atoms with E-state index in [-0.39, 0.29) is 24.7 Å². The number of aryl methyl sites for hydroxylation is 3. The van der Waals surface area contributed by atoms with E-state index in [4.69, 9.17) is 9.47 Å². The molecule has 4 rings (SSSR count). The molecule has 0 saturated carbocycles. The summed E-state index contributed by atoms with van der Waals surface area (Å²) in [5.41, 5.74) is 2.86. The second-order valence-electron chi connectivity index (χ2n) is 8.78. The van der Waals surface area contributed by atoms with Crippen molar-refractivity contribution in [3.05, 3.63) is 86.8 Å². The number of aromatic nitrogens is 2. The molecule has 37 heavy (non-hydrogen) atoms. The van der Waals surface area contributed by atoms with Crippen LogP contribution < -0.4 is 15.6 Å². The summed E-state index contributed by atoms with van der Waals surface area (Å²) in [7, 11) is 0. The highest BCUT2D eigenvalue weighted by Crippen LogP contribution is 2.28. The maximum atomic E-state index is 13.4. The van der Waals surface area contributed by atoms with Crippen LogP contribution in [0.1, 0.15) is 45.7 Å². The second kappa shape index (κ2) is 11.4. The first kappa shape index (κ1) is 26.1. The van der Waals surface area contributed by atoms with E-state index >= 15 is 0 Å². The van der Waals surface area contributed by atoms with Gasteiger partial charge in [-0.15, -0.1) is 11.3 Å². The Labute approximate surface area is 218 Å². The van der Waals surface area contributed by atoms with E-state index in [0.717, 1.165) is 22.5 Å². The molecule has 4 aromatic rings. The Balaban J connectivity index is 1.51. The number of carbonyl (C=O) groups excluding carboxylic acids is 2. The third-order valence-electron chi connectivity index (χ3n) is 5.90. The van der Waals surface area contributed by atoms with Gasteiger partial charge in [0.05, 0.1) is 11.7 Å². The van der Waals surface area contributed by atoms with Crippen LogP contribution in [0.2, 0.25) is 0 Å². The zero-order valence-electron chi connectivity index (χ0n) is 21.2. The van der Waals surface area contributed by atoms with Crippen LogP contribution in [-0.2, 0) is 9.53 Å². The van der Waals surface area contributed by atoms with Crippen LogP contribution in [0.5, 0.6) is 5.75 Å². The number of hydrogen-bond donors (Lipinski definition) is 1. The number of benzene rings is 2. The van der Waals surface area contributed by atoms with Gasteiger partial charge in [0, 0.05) is 5.69 Å². The molecule has 0 bridgehead atoms. The number of anilines is 1. The number of para-hydroxylation sites is 1. The SMILES string of the molecule is CCC(C(=O)Nc1cc(C)cc(C)c1)n1cnc2sc(C(=O)OCCOc3ccccc3)c(C)c2c1=O. The van der Waals surface area contributed by atoms with Crippen molar-refractivity contribution in [3.63, 3.8) is 0 Å². The van der Waals surface area contributed by atoms with Gasteiger partial charge in [-0.25, -0.2) is 9.78 Å². The fourth-order valence-corrected chi connectivity index (χ4v) is 5.24. The molecule has 0 spiro atoms. The Bertz CT molecular complexity index is 1470. The van der Waals surface area contributed by atoms with Crippen LogP contribution in [0.3, 0.4) is 0 Å². The smallest absolute Gasteiger partial charge is 0.348 e. The van der Waals surface area contributed by atoms with Gasteiger partial charge in [-0.05, 0) is 68.1 Å². The van der Waals surface area contributed by atoms with Crippen molar-refractivity contribution in [2.45, 2.75) is 40.2 Å². The number of carbonyl (C=O) groups is 2. The lowest BCUT2D eigenvalue weighted by molar-refractivity contribution is -0.119. The highest BCUT2D eigenvalue weighted by atomic mass is 32.1. The summed E-state index contributed by atoms with van der Waals surface area (Å²) >= 11 is 1.10. The molecule has 0 radical (unpaired) electrons. The van der Waals surface area contributed by atoms with Crippen molar-refractivity contribution in [2.75, 3.05) is 18.5 Å². The number of hydrogen-bond acceptors (Lipinski definition) is 7. The predicted octanol–water partition coefficient (Wildman–Crippen LogP) is 5.21. The Kier molecular flexibility index (Phi) is 8.03. The maximum Gasteiger partial charge on any atom is 0.348 e. The monoisotopic (exact) mass is 519 g/mol. The maximum absolute atomic E-state index is 13.4. The van der Waals surface area contributed by atoms with E-state index in [1.165, 1.54) is 10.9 Å². The molecule has 0 saturated heterocycles. The summed E-state index contributed by atoms with van der Waals surface area (Å²) in [5.74, 6) is -0.155. The van der Waals surface area contributed by atoms with Gasteiger partial charge in [0.2, 0.25) is 5.91 Å². The van der Waals surface area contributed by atoms with Gasteiger partial charge in [-0.1, -0.05) is 31.2 Å². The Morgan fingerprint density at radius 2 is 1.76 bits per heavy atom. The van der Waals surface area contributed by atoms with E-state index in [0.29, 0.717) is 38.5 Å². The summed E-state index contributed by atoms with van der Waals surface area (Å²) in [6, 6.07) is 14.3. The number of amides is 1. The zero-order chi connectivity index (χ0) is 26.5. The molecule has 1 N–H and O–H groups in total. The molecule has 2 aromatic carbocycles. The van der Waals surface area contributed by atoms with Gasteiger partial charge in [0.15, 0.2) is 0 Å². The largest absolute Gasteiger partial charge is 0.490 e. The van der Waals surface area contributed by atoms with Crippen molar-refractivity contribution >= 4 is 39.1 Å². The Morgan fingerprint density at radius 1 is 1.05 bits per heavy atom. The number of thiophene rings is 1. The first-order valence-corrected chi connectivity index (χ1v) is 12.8. The molecule has 1 amide bonds. The molecule has 1 unspecified atom stereocenters. The van der Waals surface area contributed by atoms with Crippen LogP contribution in [0.15, 0.2) is 59.7 Å².